The third kappa shape index (κ3) is 2.68. The number of methoxy groups -OCH3 is 1. The number of aromatic nitrogens is 1. The van der Waals surface area contributed by atoms with Crippen molar-refractivity contribution >= 4 is 11.6 Å². The molecule has 2 aromatic rings. The molecule has 0 saturated carbocycles. The Labute approximate surface area is 107 Å². The molecule has 0 aliphatic heterocycles. The van der Waals surface area contributed by atoms with E-state index >= 15 is 0 Å². The van der Waals surface area contributed by atoms with Crippen LogP contribution < -0.4 is 9.47 Å². The van der Waals surface area contributed by atoms with Gasteiger partial charge in [-0.25, -0.2) is 8.78 Å². The van der Waals surface area contributed by atoms with Crippen LogP contribution in [0.15, 0.2) is 30.3 Å². The summed E-state index contributed by atoms with van der Waals surface area (Å²) in [6.07, 6.45) is 0. The number of nitrogens with zero attached hydrogens (tertiary/aromatic N) is 1. The molecular formula is C12H8ClF2NO2. The van der Waals surface area contributed by atoms with E-state index in [4.69, 9.17) is 21.1 Å². The molecular weight excluding hydrogens is 264 g/mol. The smallest absolute Gasteiger partial charge is 0.214 e. The minimum absolute atomic E-state index is 0.0260. The summed E-state index contributed by atoms with van der Waals surface area (Å²) in [6, 6.07) is 5.98. The third-order valence-electron chi connectivity index (χ3n) is 2.11. The van der Waals surface area contributed by atoms with Crippen LogP contribution in [0.3, 0.4) is 0 Å². The summed E-state index contributed by atoms with van der Waals surface area (Å²) in [4.78, 5) is 3.86. The Bertz CT molecular complexity index is 578. The zero-order chi connectivity index (χ0) is 13.1. The van der Waals surface area contributed by atoms with Crippen LogP contribution in [0.4, 0.5) is 8.78 Å². The van der Waals surface area contributed by atoms with Crippen molar-refractivity contribution in [1.29, 1.82) is 0 Å². The third-order valence-corrected chi connectivity index (χ3v) is 2.38. The summed E-state index contributed by atoms with van der Waals surface area (Å²) in [6.45, 7) is 0. The Morgan fingerprint density at radius 2 is 1.83 bits per heavy atom. The van der Waals surface area contributed by atoms with E-state index in [2.05, 4.69) is 4.98 Å². The molecule has 0 unspecified atom stereocenters. The summed E-state index contributed by atoms with van der Waals surface area (Å²) >= 11 is 5.83. The van der Waals surface area contributed by atoms with Gasteiger partial charge in [-0.3, -0.25) is 0 Å². The minimum Gasteiger partial charge on any atom is -0.481 e. The molecule has 2 rings (SSSR count). The monoisotopic (exact) mass is 271 g/mol. The second-order valence-corrected chi connectivity index (χ2v) is 3.68. The first-order valence-electron chi connectivity index (χ1n) is 4.93. The highest BCUT2D eigenvalue weighted by molar-refractivity contribution is 6.30. The van der Waals surface area contributed by atoms with Crippen LogP contribution in [0.2, 0.25) is 5.15 Å². The molecule has 6 heteroatoms. The zero-order valence-corrected chi connectivity index (χ0v) is 10.0. The van der Waals surface area contributed by atoms with Crippen LogP contribution in [-0.4, -0.2) is 12.1 Å². The molecule has 0 amide bonds. The van der Waals surface area contributed by atoms with Gasteiger partial charge in [-0.2, -0.15) is 4.98 Å². The van der Waals surface area contributed by atoms with Crippen LogP contribution >= 0.6 is 11.6 Å². The highest BCUT2D eigenvalue weighted by atomic mass is 35.5. The van der Waals surface area contributed by atoms with Gasteiger partial charge in [-0.1, -0.05) is 11.6 Å². The molecule has 0 saturated heterocycles. The second-order valence-electron chi connectivity index (χ2n) is 3.32. The largest absolute Gasteiger partial charge is 0.481 e. The quantitative estimate of drug-likeness (QED) is 0.796. The Balaban J connectivity index is 2.28. The SMILES string of the molecule is COc1ccc(Oc2ccc(F)cc2F)c(Cl)n1. The highest BCUT2D eigenvalue weighted by Crippen LogP contribution is 2.31. The van der Waals surface area contributed by atoms with Crippen molar-refractivity contribution in [3.8, 4) is 17.4 Å². The molecule has 0 aliphatic rings. The van der Waals surface area contributed by atoms with Gasteiger partial charge >= 0.3 is 0 Å². The Hall–Kier alpha value is -1.88. The summed E-state index contributed by atoms with van der Waals surface area (Å²) in [5.41, 5.74) is 0. The average Bonchev–Trinajstić information content (AvgIpc) is 2.34. The predicted molar refractivity (Wildman–Crippen MR) is 62.2 cm³/mol. The standard InChI is InChI=1S/C12H8ClF2NO2/c1-17-11-5-4-10(12(13)16-11)18-9-3-2-7(14)6-8(9)15/h2-6H,1H3. The molecule has 0 aliphatic carbocycles. The van der Waals surface area contributed by atoms with Crippen molar-refractivity contribution in [2.45, 2.75) is 0 Å². The van der Waals surface area contributed by atoms with Crippen LogP contribution in [0.5, 0.6) is 17.4 Å². The maximum absolute atomic E-state index is 13.4. The summed E-state index contributed by atoms with van der Waals surface area (Å²) in [5.74, 6) is -1.17. The van der Waals surface area contributed by atoms with Gasteiger partial charge in [0.05, 0.1) is 7.11 Å². The lowest BCUT2D eigenvalue weighted by atomic mass is 10.3. The van der Waals surface area contributed by atoms with Gasteiger partial charge in [-0.05, 0) is 18.2 Å². The summed E-state index contributed by atoms with van der Waals surface area (Å²) < 4.78 is 36.1. The number of benzene rings is 1. The fourth-order valence-corrected chi connectivity index (χ4v) is 1.46. The molecule has 0 bridgehead atoms. The van der Waals surface area contributed by atoms with Gasteiger partial charge in [0.1, 0.15) is 5.82 Å². The number of rotatable bonds is 3. The zero-order valence-electron chi connectivity index (χ0n) is 9.28. The lowest BCUT2D eigenvalue weighted by molar-refractivity contribution is 0.393. The van der Waals surface area contributed by atoms with Crippen molar-refractivity contribution in [3.63, 3.8) is 0 Å². The van der Waals surface area contributed by atoms with Gasteiger partial charge in [0.15, 0.2) is 22.5 Å². The Morgan fingerprint density at radius 3 is 2.44 bits per heavy atom. The number of hydrogen-bond donors (Lipinski definition) is 0. The first-order valence-corrected chi connectivity index (χ1v) is 5.31. The lowest BCUT2D eigenvalue weighted by Gasteiger charge is -2.08. The average molecular weight is 272 g/mol. The Morgan fingerprint density at radius 1 is 1.11 bits per heavy atom. The van der Waals surface area contributed by atoms with E-state index in [1.807, 2.05) is 0 Å². The predicted octanol–water partition coefficient (Wildman–Crippen LogP) is 3.81. The van der Waals surface area contributed by atoms with Gasteiger partial charge in [0.25, 0.3) is 0 Å². The van der Waals surface area contributed by atoms with Crippen molar-refractivity contribution in [1.82, 2.24) is 4.98 Å². The van der Waals surface area contributed by atoms with Crippen molar-refractivity contribution in [3.05, 3.63) is 47.1 Å². The van der Waals surface area contributed by atoms with Crippen LogP contribution in [-0.2, 0) is 0 Å². The maximum atomic E-state index is 13.4. The molecule has 18 heavy (non-hydrogen) atoms. The van der Waals surface area contributed by atoms with E-state index in [-0.39, 0.29) is 16.7 Å². The van der Waals surface area contributed by atoms with Crippen molar-refractivity contribution < 1.29 is 18.3 Å². The Kier molecular flexibility index (Phi) is 3.62. The van der Waals surface area contributed by atoms with Crippen LogP contribution in [0.1, 0.15) is 0 Å². The fourth-order valence-electron chi connectivity index (χ4n) is 1.27. The highest BCUT2D eigenvalue weighted by Gasteiger charge is 2.10. The van der Waals surface area contributed by atoms with Crippen LogP contribution in [0, 0.1) is 11.6 Å². The molecule has 0 radical (unpaired) electrons. The molecule has 0 spiro atoms. The van der Waals surface area contributed by atoms with E-state index in [0.29, 0.717) is 5.88 Å². The number of halogens is 3. The molecule has 0 fully saturated rings. The van der Waals surface area contributed by atoms with Gasteiger partial charge in [-0.15, -0.1) is 0 Å². The second kappa shape index (κ2) is 5.18. The van der Waals surface area contributed by atoms with E-state index in [0.717, 1.165) is 12.1 Å². The topological polar surface area (TPSA) is 31.4 Å². The minimum atomic E-state index is -0.818. The fraction of sp³-hybridized carbons (Fsp3) is 0.0833. The summed E-state index contributed by atoms with van der Waals surface area (Å²) in [5, 5.41) is 0.0260. The normalized spacial score (nSPS) is 10.2. The molecule has 0 atom stereocenters. The number of pyridine rings is 1. The maximum Gasteiger partial charge on any atom is 0.214 e. The van der Waals surface area contributed by atoms with Crippen molar-refractivity contribution in [2.75, 3.05) is 7.11 Å². The van der Waals surface area contributed by atoms with Gasteiger partial charge in [0, 0.05) is 12.1 Å². The van der Waals surface area contributed by atoms with Crippen LogP contribution in [0.25, 0.3) is 0 Å². The molecule has 94 valence electrons. The van der Waals surface area contributed by atoms with Crippen molar-refractivity contribution in [2.24, 2.45) is 0 Å². The van der Waals surface area contributed by atoms with E-state index < -0.39 is 11.6 Å². The van der Waals surface area contributed by atoms with E-state index in [9.17, 15) is 8.78 Å². The number of ether oxygens (including phenoxy) is 2. The molecule has 0 N–H and O–H groups in total. The molecule has 1 aromatic heterocycles. The first kappa shape index (κ1) is 12.6. The van der Waals surface area contributed by atoms with E-state index in [1.54, 1.807) is 0 Å². The molecule has 1 aromatic carbocycles. The first-order chi connectivity index (χ1) is 8.60. The lowest BCUT2D eigenvalue weighted by Crippen LogP contribution is -1.93. The molecule has 1 heterocycles. The van der Waals surface area contributed by atoms with E-state index in [1.165, 1.54) is 25.3 Å². The number of hydrogen-bond acceptors (Lipinski definition) is 3. The summed E-state index contributed by atoms with van der Waals surface area (Å²) in [7, 11) is 1.44. The van der Waals surface area contributed by atoms with Gasteiger partial charge in [0.2, 0.25) is 5.88 Å². The van der Waals surface area contributed by atoms with Gasteiger partial charge < -0.3 is 9.47 Å². The molecule has 3 nitrogen and oxygen atoms in total.